The largest absolute Gasteiger partial charge is 0.480 e. The van der Waals surface area contributed by atoms with Crippen LogP contribution in [0, 0.1) is 5.92 Å². The molecule has 104 valence electrons. The van der Waals surface area contributed by atoms with Gasteiger partial charge in [0.15, 0.2) is 0 Å². The van der Waals surface area contributed by atoms with Crippen molar-refractivity contribution in [3.63, 3.8) is 0 Å². The monoisotopic (exact) mass is 259 g/mol. The normalized spacial score (nSPS) is 18.4. The summed E-state index contributed by atoms with van der Waals surface area (Å²) in [6.07, 6.45) is 0.880. The lowest BCUT2D eigenvalue weighted by molar-refractivity contribution is -0.139. The van der Waals surface area contributed by atoms with E-state index >= 15 is 0 Å². The Kier molecular flexibility index (Phi) is 5.91. The Bertz CT molecular complexity index is 286. The van der Waals surface area contributed by atoms with Crippen molar-refractivity contribution in [2.45, 2.75) is 45.3 Å². The number of carbonyl (C=O) groups excluding carboxylic acids is 1. The molecule has 1 rings (SSSR count). The molecule has 6 heteroatoms. The minimum atomic E-state index is -1.03. The van der Waals surface area contributed by atoms with Gasteiger partial charge in [-0.2, -0.15) is 0 Å². The molecule has 6 nitrogen and oxygen atoms in total. The third-order valence-electron chi connectivity index (χ3n) is 2.74. The van der Waals surface area contributed by atoms with Gasteiger partial charge in [-0.25, -0.2) is 9.59 Å². The molecule has 18 heavy (non-hydrogen) atoms. The Morgan fingerprint density at radius 1 is 1.39 bits per heavy atom. The van der Waals surface area contributed by atoms with Crippen molar-refractivity contribution in [2.75, 3.05) is 13.2 Å². The molecule has 1 amide bonds. The SMILES string of the molecule is CC(C)CC(NC(=O)OC1CCOCC1)C(=O)O. The average Bonchev–Trinajstić information content (AvgIpc) is 2.28. The summed E-state index contributed by atoms with van der Waals surface area (Å²) in [5.74, 6) is -0.845. The van der Waals surface area contributed by atoms with Gasteiger partial charge in [0.1, 0.15) is 12.1 Å². The van der Waals surface area contributed by atoms with E-state index in [1.165, 1.54) is 0 Å². The fourth-order valence-electron chi connectivity index (χ4n) is 1.81. The minimum Gasteiger partial charge on any atom is -0.480 e. The second-order valence-corrected chi connectivity index (χ2v) is 4.88. The van der Waals surface area contributed by atoms with Crippen LogP contribution in [0.2, 0.25) is 0 Å². The summed E-state index contributed by atoms with van der Waals surface area (Å²) in [5, 5.41) is 11.4. The number of carboxylic acid groups (broad SMARTS) is 1. The molecule has 0 radical (unpaired) electrons. The van der Waals surface area contributed by atoms with Gasteiger partial charge < -0.3 is 19.9 Å². The molecule has 1 aliphatic heterocycles. The van der Waals surface area contributed by atoms with Gasteiger partial charge in [0.05, 0.1) is 13.2 Å². The standard InChI is InChI=1S/C12H21NO5/c1-8(2)7-10(11(14)15)13-12(16)18-9-3-5-17-6-4-9/h8-10H,3-7H2,1-2H3,(H,13,16)(H,14,15). The van der Waals surface area contributed by atoms with Crippen LogP contribution >= 0.6 is 0 Å². The molecular formula is C12H21NO5. The third kappa shape index (κ3) is 5.35. The first-order valence-corrected chi connectivity index (χ1v) is 6.26. The van der Waals surface area contributed by atoms with Crippen LogP contribution in [0.15, 0.2) is 0 Å². The Morgan fingerprint density at radius 2 is 2.00 bits per heavy atom. The van der Waals surface area contributed by atoms with Crippen LogP contribution < -0.4 is 5.32 Å². The second-order valence-electron chi connectivity index (χ2n) is 4.88. The van der Waals surface area contributed by atoms with Crippen LogP contribution in [0.1, 0.15) is 33.1 Å². The van der Waals surface area contributed by atoms with Gasteiger partial charge in [0.2, 0.25) is 0 Å². The lowest BCUT2D eigenvalue weighted by Crippen LogP contribution is -2.43. The van der Waals surface area contributed by atoms with Gasteiger partial charge in [-0.05, 0) is 12.3 Å². The smallest absolute Gasteiger partial charge is 0.408 e. The molecular weight excluding hydrogens is 238 g/mol. The van der Waals surface area contributed by atoms with E-state index in [-0.39, 0.29) is 12.0 Å². The molecule has 1 unspecified atom stereocenters. The topological polar surface area (TPSA) is 84.9 Å². The number of hydrogen-bond acceptors (Lipinski definition) is 4. The van der Waals surface area contributed by atoms with E-state index in [0.29, 0.717) is 32.5 Å². The number of rotatable bonds is 5. The minimum absolute atomic E-state index is 0.174. The van der Waals surface area contributed by atoms with Crippen LogP contribution in [0.4, 0.5) is 4.79 Å². The fraction of sp³-hybridized carbons (Fsp3) is 0.833. The highest BCUT2D eigenvalue weighted by atomic mass is 16.6. The third-order valence-corrected chi connectivity index (χ3v) is 2.74. The predicted molar refractivity (Wildman–Crippen MR) is 64.3 cm³/mol. The average molecular weight is 259 g/mol. The Morgan fingerprint density at radius 3 is 2.50 bits per heavy atom. The number of nitrogens with one attached hydrogen (secondary N) is 1. The molecule has 1 aliphatic rings. The Labute approximate surface area is 107 Å². The van der Waals surface area contributed by atoms with Crippen LogP contribution in [0.5, 0.6) is 0 Å². The van der Waals surface area contributed by atoms with E-state index in [9.17, 15) is 9.59 Å². The van der Waals surface area contributed by atoms with Crippen molar-refractivity contribution in [2.24, 2.45) is 5.92 Å². The number of carbonyl (C=O) groups is 2. The number of ether oxygens (including phenoxy) is 2. The van der Waals surface area contributed by atoms with Crippen molar-refractivity contribution in [3.8, 4) is 0 Å². The van der Waals surface area contributed by atoms with Crippen molar-refractivity contribution in [3.05, 3.63) is 0 Å². The van der Waals surface area contributed by atoms with Crippen molar-refractivity contribution >= 4 is 12.1 Å². The van der Waals surface area contributed by atoms with Gasteiger partial charge in [0, 0.05) is 12.8 Å². The zero-order valence-corrected chi connectivity index (χ0v) is 10.8. The zero-order chi connectivity index (χ0) is 13.5. The van der Waals surface area contributed by atoms with Gasteiger partial charge in [-0.15, -0.1) is 0 Å². The summed E-state index contributed by atoms with van der Waals surface area (Å²) in [7, 11) is 0. The van der Waals surface area contributed by atoms with Gasteiger partial charge in [-0.1, -0.05) is 13.8 Å². The molecule has 0 aromatic carbocycles. The number of carboxylic acids is 1. The lowest BCUT2D eigenvalue weighted by atomic mass is 10.0. The van der Waals surface area contributed by atoms with Crippen LogP contribution in [-0.2, 0) is 14.3 Å². The van der Waals surface area contributed by atoms with Crippen LogP contribution in [0.25, 0.3) is 0 Å². The molecule has 1 heterocycles. The molecule has 0 bridgehead atoms. The summed E-state index contributed by atoms with van der Waals surface area (Å²) >= 11 is 0. The van der Waals surface area contributed by atoms with E-state index in [2.05, 4.69) is 5.32 Å². The maximum atomic E-state index is 11.6. The second kappa shape index (κ2) is 7.20. The van der Waals surface area contributed by atoms with E-state index < -0.39 is 18.1 Å². The summed E-state index contributed by atoms with van der Waals surface area (Å²) in [4.78, 5) is 22.5. The van der Waals surface area contributed by atoms with Gasteiger partial charge in [0.25, 0.3) is 0 Å². The van der Waals surface area contributed by atoms with E-state index in [0.717, 1.165) is 0 Å². The summed E-state index contributed by atoms with van der Waals surface area (Å²) in [5.41, 5.74) is 0. The first kappa shape index (κ1) is 14.8. The number of amides is 1. The summed E-state index contributed by atoms with van der Waals surface area (Å²) in [6.45, 7) is 4.96. The molecule has 0 saturated carbocycles. The van der Waals surface area contributed by atoms with E-state index in [1.54, 1.807) is 0 Å². The zero-order valence-electron chi connectivity index (χ0n) is 10.8. The molecule has 1 saturated heterocycles. The summed E-state index contributed by atoms with van der Waals surface area (Å²) < 4.78 is 10.3. The highest BCUT2D eigenvalue weighted by molar-refractivity contribution is 5.79. The first-order valence-electron chi connectivity index (χ1n) is 6.26. The molecule has 1 fully saturated rings. The predicted octanol–water partition coefficient (Wildman–Crippen LogP) is 1.39. The van der Waals surface area contributed by atoms with Gasteiger partial charge in [-0.3, -0.25) is 0 Å². The highest BCUT2D eigenvalue weighted by Crippen LogP contribution is 2.11. The Hall–Kier alpha value is -1.30. The molecule has 0 aromatic heterocycles. The molecule has 2 N–H and O–H groups in total. The van der Waals surface area contributed by atoms with Crippen molar-refractivity contribution in [1.29, 1.82) is 0 Å². The van der Waals surface area contributed by atoms with Crippen LogP contribution in [-0.4, -0.2) is 42.5 Å². The lowest BCUT2D eigenvalue weighted by Gasteiger charge is -2.23. The quantitative estimate of drug-likeness (QED) is 0.779. The fourth-order valence-corrected chi connectivity index (χ4v) is 1.81. The van der Waals surface area contributed by atoms with Crippen molar-refractivity contribution < 1.29 is 24.2 Å². The van der Waals surface area contributed by atoms with Crippen LogP contribution in [0.3, 0.4) is 0 Å². The first-order chi connectivity index (χ1) is 8.49. The molecule has 0 aromatic rings. The molecule has 0 spiro atoms. The van der Waals surface area contributed by atoms with Crippen molar-refractivity contribution in [1.82, 2.24) is 5.32 Å². The highest BCUT2D eigenvalue weighted by Gasteiger charge is 2.24. The molecule has 0 aliphatic carbocycles. The van der Waals surface area contributed by atoms with Gasteiger partial charge >= 0.3 is 12.1 Å². The Balaban J connectivity index is 2.37. The number of alkyl carbamates (subject to hydrolysis) is 1. The maximum absolute atomic E-state index is 11.6. The summed E-state index contributed by atoms with van der Waals surface area (Å²) in [6, 6.07) is -0.891. The van der Waals surface area contributed by atoms with E-state index in [4.69, 9.17) is 14.6 Å². The number of aliphatic carboxylic acids is 1. The number of hydrogen-bond donors (Lipinski definition) is 2. The van der Waals surface area contributed by atoms with E-state index in [1.807, 2.05) is 13.8 Å². The maximum Gasteiger partial charge on any atom is 0.408 e. The molecule has 1 atom stereocenters.